The maximum absolute atomic E-state index is 11.2. The molecule has 0 saturated carbocycles. The average Bonchev–Trinajstić information content (AvgIpc) is 2.03. The third-order valence-corrected chi connectivity index (χ3v) is 2.07. The molecule has 12 heavy (non-hydrogen) atoms. The lowest BCUT2D eigenvalue weighted by molar-refractivity contribution is -0.146. The molecule has 1 aliphatic rings. The maximum atomic E-state index is 11.2. The Balaban J connectivity index is 2.50. The van der Waals surface area contributed by atoms with Crippen LogP contribution in [0.3, 0.4) is 0 Å². The van der Waals surface area contributed by atoms with Crippen LogP contribution in [0.5, 0.6) is 0 Å². The molecule has 1 aliphatic heterocycles. The largest absolute Gasteiger partial charge is 0.459 e. The number of carbonyl (C=O) groups excluding carboxylic acids is 1. The van der Waals surface area contributed by atoms with Gasteiger partial charge in [-0.3, -0.25) is 0 Å². The molecule has 1 heterocycles. The minimum atomic E-state index is -0.109. The summed E-state index contributed by atoms with van der Waals surface area (Å²) in [7, 11) is 0. The van der Waals surface area contributed by atoms with Crippen molar-refractivity contribution in [3.05, 3.63) is 11.6 Å². The molecule has 0 bridgehead atoms. The zero-order chi connectivity index (χ0) is 8.97. The first-order valence-corrected chi connectivity index (χ1v) is 4.64. The van der Waals surface area contributed by atoms with Crippen molar-refractivity contribution in [1.82, 2.24) is 0 Å². The Morgan fingerprint density at radius 3 is 3.00 bits per heavy atom. The monoisotopic (exact) mass is 168 g/mol. The molecule has 1 unspecified atom stereocenters. The van der Waals surface area contributed by atoms with Gasteiger partial charge in [-0.2, -0.15) is 0 Å². The Kier molecular flexibility index (Phi) is 3.32. The molecular weight excluding hydrogens is 152 g/mol. The smallest absolute Gasteiger partial charge is 0.333 e. The van der Waals surface area contributed by atoms with E-state index in [1.54, 1.807) is 0 Å². The zero-order valence-electron chi connectivity index (χ0n) is 7.80. The first-order chi connectivity index (χ1) is 5.74. The highest BCUT2D eigenvalue weighted by atomic mass is 16.5. The minimum Gasteiger partial charge on any atom is -0.459 e. The molecule has 0 N–H and O–H groups in total. The summed E-state index contributed by atoms with van der Waals surface area (Å²) in [5.41, 5.74) is 0.870. The average molecular weight is 168 g/mol. The van der Waals surface area contributed by atoms with Gasteiger partial charge in [-0.05, 0) is 26.2 Å². The number of hydrogen-bond donors (Lipinski definition) is 0. The fraction of sp³-hybridized carbons (Fsp3) is 0.700. The van der Waals surface area contributed by atoms with E-state index in [0.717, 1.165) is 31.3 Å². The topological polar surface area (TPSA) is 26.3 Å². The molecule has 1 atom stereocenters. The first-order valence-electron chi connectivity index (χ1n) is 4.64. The van der Waals surface area contributed by atoms with Crippen LogP contribution in [0.15, 0.2) is 11.6 Å². The number of rotatable bonds is 2. The fourth-order valence-electron chi connectivity index (χ4n) is 1.28. The lowest BCUT2D eigenvalue weighted by atomic mass is 10.0. The summed E-state index contributed by atoms with van der Waals surface area (Å²) in [6.07, 6.45) is 6.05. The number of allylic oxidation sites excluding steroid dienone is 1. The molecule has 0 amide bonds. The van der Waals surface area contributed by atoms with Crippen molar-refractivity contribution in [2.75, 3.05) is 0 Å². The first kappa shape index (κ1) is 9.30. The van der Waals surface area contributed by atoms with E-state index in [2.05, 4.69) is 6.92 Å². The number of unbranched alkanes of at least 4 members (excludes halogenated alkanes) is 1. The van der Waals surface area contributed by atoms with E-state index in [1.165, 1.54) is 0 Å². The van der Waals surface area contributed by atoms with Crippen molar-refractivity contribution in [1.29, 1.82) is 0 Å². The lowest BCUT2D eigenvalue weighted by Crippen LogP contribution is -2.22. The van der Waals surface area contributed by atoms with Gasteiger partial charge >= 0.3 is 5.97 Å². The Labute approximate surface area is 73.6 Å². The van der Waals surface area contributed by atoms with Crippen LogP contribution in [0.25, 0.3) is 0 Å². The van der Waals surface area contributed by atoms with Gasteiger partial charge in [0.05, 0.1) is 6.10 Å². The van der Waals surface area contributed by atoms with Crippen molar-refractivity contribution in [3.63, 3.8) is 0 Å². The van der Waals surface area contributed by atoms with Crippen molar-refractivity contribution in [3.8, 4) is 0 Å². The standard InChI is InChI=1S/C10H16O2/c1-3-4-5-9-7-6-8(2)12-10(9)11/h5,8H,3-4,6-7H2,1-2H3/b9-5-. The van der Waals surface area contributed by atoms with Gasteiger partial charge in [-0.25, -0.2) is 4.79 Å². The number of ether oxygens (including phenoxy) is 1. The highest BCUT2D eigenvalue weighted by Crippen LogP contribution is 2.19. The van der Waals surface area contributed by atoms with E-state index >= 15 is 0 Å². The second-order valence-corrected chi connectivity index (χ2v) is 3.27. The van der Waals surface area contributed by atoms with E-state index in [4.69, 9.17) is 4.74 Å². The van der Waals surface area contributed by atoms with Crippen LogP contribution in [-0.4, -0.2) is 12.1 Å². The molecule has 1 rings (SSSR count). The van der Waals surface area contributed by atoms with Gasteiger partial charge in [0.2, 0.25) is 0 Å². The van der Waals surface area contributed by atoms with Crippen LogP contribution in [0.2, 0.25) is 0 Å². The number of hydrogen-bond acceptors (Lipinski definition) is 2. The molecule has 1 fully saturated rings. The number of esters is 1. The lowest BCUT2D eigenvalue weighted by Gasteiger charge is -2.20. The Morgan fingerprint density at radius 1 is 1.67 bits per heavy atom. The van der Waals surface area contributed by atoms with E-state index in [0.29, 0.717) is 0 Å². The van der Waals surface area contributed by atoms with Crippen molar-refractivity contribution >= 4 is 5.97 Å². The van der Waals surface area contributed by atoms with Gasteiger partial charge in [0.1, 0.15) is 0 Å². The Morgan fingerprint density at radius 2 is 2.42 bits per heavy atom. The second-order valence-electron chi connectivity index (χ2n) is 3.27. The normalized spacial score (nSPS) is 27.3. The quantitative estimate of drug-likeness (QED) is 0.467. The zero-order valence-corrected chi connectivity index (χ0v) is 7.80. The Hall–Kier alpha value is -0.790. The third-order valence-electron chi connectivity index (χ3n) is 2.07. The molecule has 2 heteroatoms. The molecule has 0 aliphatic carbocycles. The summed E-state index contributed by atoms with van der Waals surface area (Å²) in [6, 6.07) is 0. The third kappa shape index (κ3) is 2.36. The molecular formula is C10H16O2. The van der Waals surface area contributed by atoms with Crippen LogP contribution >= 0.6 is 0 Å². The number of cyclic esters (lactones) is 1. The predicted molar refractivity (Wildman–Crippen MR) is 47.8 cm³/mol. The van der Waals surface area contributed by atoms with Gasteiger partial charge in [0.25, 0.3) is 0 Å². The summed E-state index contributed by atoms with van der Waals surface area (Å²) in [4.78, 5) is 11.2. The van der Waals surface area contributed by atoms with Gasteiger partial charge in [-0.15, -0.1) is 0 Å². The van der Waals surface area contributed by atoms with Crippen LogP contribution < -0.4 is 0 Å². The van der Waals surface area contributed by atoms with Gasteiger partial charge < -0.3 is 4.74 Å². The number of carbonyl (C=O) groups is 1. The SMILES string of the molecule is CCC/C=C1/CCC(C)OC1=O. The molecule has 68 valence electrons. The molecule has 0 aromatic carbocycles. The summed E-state index contributed by atoms with van der Waals surface area (Å²) in [5.74, 6) is -0.109. The summed E-state index contributed by atoms with van der Waals surface area (Å²) < 4.78 is 5.09. The van der Waals surface area contributed by atoms with Crippen molar-refractivity contribution in [2.45, 2.75) is 45.6 Å². The van der Waals surface area contributed by atoms with Crippen LogP contribution in [0, 0.1) is 0 Å². The molecule has 0 aromatic rings. The van der Waals surface area contributed by atoms with E-state index in [-0.39, 0.29) is 12.1 Å². The molecule has 0 aromatic heterocycles. The molecule has 1 saturated heterocycles. The van der Waals surface area contributed by atoms with Crippen LogP contribution in [0.4, 0.5) is 0 Å². The van der Waals surface area contributed by atoms with E-state index in [1.807, 2.05) is 13.0 Å². The van der Waals surface area contributed by atoms with Gasteiger partial charge in [0.15, 0.2) is 0 Å². The summed E-state index contributed by atoms with van der Waals surface area (Å²) in [5, 5.41) is 0. The fourth-order valence-corrected chi connectivity index (χ4v) is 1.28. The second kappa shape index (κ2) is 4.29. The van der Waals surface area contributed by atoms with E-state index in [9.17, 15) is 4.79 Å². The highest BCUT2D eigenvalue weighted by Gasteiger charge is 2.20. The maximum Gasteiger partial charge on any atom is 0.333 e. The minimum absolute atomic E-state index is 0.108. The van der Waals surface area contributed by atoms with Gasteiger partial charge in [0, 0.05) is 5.57 Å². The van der Waals surface area contributed by atoms with Crippen LogP contribution in [-0.2, 0) is 9.53 Å². The molecule has 0 spiro atoms. The van der Waals surface area contributed by atoms with Crippen molar-refractivity contribution < 1.29 is 9.53 Å². The highest BCUT2D eigenvalue weighted by molar-refractivity contribution is 5.89. The van der Waals surface area contributed by atoms with Crippen molar-refractivity contribution in [2.24, 2.45) is 0 Å². The molecule has 0 radical (unpaired) electrons. The molecule has 2 nitrogen and oxygen atoms in total. The predicted octanol–water partition coefficient (Wildman–Crippen LogP) is 2.44. The van der Waals surface area contributed by atoms with Crippen LogP contribution in [0.1, 0.15) is 39.5 Å². The Bertz CT molecular complexity index is 194. The summed E-state index contributed by atoms with van der Waals surface area (Å²) >= 11 is 0. The summed E-state index contributed by atoms with van der Waals surface area (Å²) in [6.45, 7) is 4.04. The van der Waals surface area contributed by atoms with Gasteiger partial charge in [-0.1, -0.05) is 19.4 Å². The van der Waals surface area contributed by atoms with E-state index < -0.39 is 0 Å².